The lowest BCUT2D eigenvalue weighted by atomic mass is 10.2. The minimum Gasteiger partial charge on any atom is -0.329 e. The highest BCUT2D eigenvalue weighted by Crippen LogP contribution is 2.23. The van der Waals surface area contributed by atoms with Gasteiger partial charge in [0.15, 0.2) is 0 Å². The fraction of sp³-hybridized carbons (Fsp3) is 0.455. The fourth-order valence-corrected chi connectivity index (χ4v) is 3.73. The van der Waals surface area contributed by atoms with E-state index < -0.39 is 15.3 Å². The zero-order valence-corrected chi connectivity index (χ0v) is 10.2. The summed E-state index contributed by atoms with van der Waals surface area (Å²) in [5, 5.41) is -0.469. The summed E-state index contributed by atoms with van der Waals surface area (Å²) in [6, 6.07) is 5.86. The van der Waals surface area contributed by atoms with Crippen molar-refractivity contribution in [1.82, 2.24) is 4.31 Å². The van der Waals surface area contributed by atoms with Crippen LogP contribution >= 0.6 is 0 Å². The average Bonchev–Trinajstić information content (AvgIpc) is 2.57. The Bertz CT molecular complexity index is 487. The smallest absolute Gasteiger partial charge is 0.218 e. The van der Waals surface area contributed by atoms with Crippen molar-refractivity contribution in [3.05, 3.63) is 35.6 Å². The molecule has 1 fully saturated rings. The van der Waals surface area contributed by atoms with Crippen molar-refractivity contribution in [3.8, 4) is 0 Å². The molecular formula is C11H15FN2O2S. The van der Waals surface area contributed by atoms with Crippen LogP contribution in [0.4, 0.5) is 4.39 Å². The van der Waals surface area contributed by atoms with Gasteiger partial charge in [0.1, 0.15) is 5.82 Å². The maximum Gasteiger partial charge on any atom is 0.218 e. The number of nitrogens with two attached hydrogens (primary N) is 1. The van der Waals surface area contributed by atoms with Gasteiger partial charge in [-0.1, -0.05) is 12.1 Å². The van der Waals surface area contributed by atoms with E-state index in [9.17, 15) is 12.8 Å². The second-order valence-corrected chi connectivity index (χ2v) is 6.36. The van der Waals surface area contributed by atoms with Gasteiger partial charge in [0.2, 0.25) is 10.0 Å². The van der Waals surface area contributed by atoms with Gasteiger partial charge in [0.05, 0.1) is 5.25 Å². The molecule has 0 spiro atoms. The van der Waals surface area contributed by atoms with E-state index in [0.29, 0.717) is 19.5 Å². The number of rotatable bonds is 3. The lowest BCUT2D eigenvalue weighted by Crippen LogP contribution is -2.32. The summed E-state index contributed by atoms with van der Waals surface area (Å²) in [6.45, 7) is 0.933. The lowest BCUT2D eigenvalue weighted by Gasteiger charge is -2.16. The molecule has 2 rings (SSSR count). The van der Waals surface area contributed by atoms with Gasteiger partial charge < -0.3 is 5.73 Å². The SMILES string of the molecule is NC[C@@H]1CCN(Cc2ccc(F)cc2)S1(=O)=O. The summed E-state index contributed by atoms with van der Waals surface area (Å²) in [5.74, 6) is -0.321. The van der Waals surface area contributed by atoms with Gasteiger partial charge >= 0.3 is 0 Å². The second kappa shape index (κ2) is 4.72. The van der Waals surface area contributed by atoms with Crippen LogP contribution in [0.5, 0.6) is 0 Å². The van der Waals surface area contributed by atoms with Gasteiger partial charge in [-0.25, -0.2) is 12.8 Å². The molecule has 1 aromatic carbocycles. The molecule has 0 unspecified atom stereocenters. The molecule has 1 atom stereocenters. The van der Waals surface area contributed by atoms with Crippen LogP contribution in [-0.2, 0) is 16.6 Å². The van der Waals surface area contributed by atoms with E-state index in [1.54, 1.807) is 12.1 Å². The second-order valence-electron chi connectivity index (χ2n) is 4.15. The van der Waals surface area contributed by atoms with Gasteiger partial charge in [-0.15, -0.1) is 0 Å². The maximum atomic E-state index is 12.7. The highest BCUT2D eigenvalue weighted by molar-refractivity contribution is 7.90. The Morgan fingerprint density at radius 1 is 1.35 bits per heavy atom. The van der Waals surface area contributed by atoms with E-state index in [1.807, 2.05) is 0 Å². The van der Waals surface area contributed by atoms with E-state index in [2.05, 4.69) is 0 Å². The molecule has 1 aliphatic rings. The zero-order chi connectivity index (χ0) is 12.5. The Hall–Kier alpha value is -0.980. The molecule has 1 saturated heterocycles. The first-order valence-corrected chi connectivity index (χ1v) is 6.98. The third-order valence-electron chi connectivity index (χ3n) is 3.02. The van der Waals surface area contributed by atoms with Crippen molar-refractivity contribution in [2.24, 2.45) is 5.73 Å². The molecule has 0 bridgehead atoms. The molecule has 17 heavy (non-hydrogen) atoms. The van der Waals surface area contributed by atoms with Crippen molar-refractivity contribution in [2.75, 3.05) is 13.1 Å². The summed E-state index contributed by atoms with van der Waals surface area (Å²) in [5.41, 5.74) is 6.21. The Balaban J connectivity index is 2.13. The van der Waals surface area contributed by atoms with E-state index in [0.717, 1.165) is 5.56 Å². The number of nitrogens with zero attached hydrogens (tertiary/aromatic N) is 1. The molecule has 94 valence electrons. The Kier molecular flexibility index (Phi) is 3.46. The summed E-state index contributed by atoms with van der Waals surface area (Å²) < 4.78 is 38.1. The number of halogens is 1. The lowest BCUT2D eigenvalue weighted by molar-refractivity contribution is 0.439. The van der Waals surface area contributed by atoms with Crippen LogP contribution in [-0.4, -0.2) is 31.1 Å². The highest BCUT2D eigenvalue weighted by atomic mass is 32.2. The van der Waals surface area contributed by atoms with Crippen LogP contribution in [0.3, 0.4) is 0 Å². The molecule has 0 amide bonds. The minimum atomic E-state index is -3.27. The molecule has 1 aliphatic heterocycles. The average molecular weight is 258 g/mol. The number of sulfonamides is 1. The molecule has 4 nitrogen and oxygen atoms in total. The largest absolute Gasteiger partial charge is 0.329 e. The highest BCUT2D eigenvalue weighted by Gasteiger charge is 2.37. The Morgan fingerprint density at radius 2 is 2.00 bits per heavy atom. The molecule has 0 aromatic heterocycles. The van der Waals surface area contributed by atoms with Crippen LogP contribution in [0.1, 0.15) is 12.0 Å². The van der Waals surface area contributed by atoms with E-state index >= 15 is 0 Å². The van der Waals surface area contributed by atoms with Crippen molar-refractivity contribution >= 4 is 10.0 Å². The molecule has 2 N–H and O–H groups in total. The van der Waals surface area contributed by atoms with E-state index in [-0.39, 0.29) is 12.4 Å². The van der Waals surface area contributed by atoms with Crippen LogP contribution in [0.15, 0.2) is 24.3 Å². The molecular weight excluding hydrogens is 243 g/mol. The first-order chi connectivity index (χ1) is 8.04. The van der Waals surface area contributed by atoms with E-state index in [4.69, 9.17) is 5.73 Å². The van der Waals surface area contributed by atoms with Crippen molar-refractivity contribution in [3.63, 3.8) is 0 Å². The molecule has 6 heteroatoms. The van der Waals surface area contributed by atoms with Crippen LogP contribution in [0.25, 0.3) is 0 Å². The normalized spacial score (nSPS) is 24.0. The van der Waals surface area contributed by atoms with Crippen LogP contribution < -0.4 is 5.73 Å². The maximum absolute atomic E-state index is 12.7. The van der Waals surface area contributed by atoms with Gasteiger partial charge in [-0.3, -0.25) is 0 Å². The van der Waals surface area contributed by atoms with Gasteiger partial charge in [-0.2, -0.15) is 4.31 Å². The molecule has 1 heterocycles. The minimum absolute atomic E-state index is 0.155. The van der Waals surface area contributed by atoms with E-state index in [1.165, 1.54) is 16.4 Å². The zero-order valence-electron chi connectivity index (χ0n) is 9.34. The first kappa shape index (κ1) is 12.5. The fourth-order valence-electron chi connectivity index (χ4n) is 1.98. The summed E-state index contributed by atoms with van der Waals surface area (Å²) >= 11 is 0. The molecule has 0 radical (unpaired) electrons. The molecule has 0 aliphatic carbocycles. The number of hydrogen-bond donors (Lipinski definition) is 1. The monoisotopic (exact) mass is 258 g/mol. The third kappa shape index (κ3) is 2.48. The topological polar surface area (TPSA) is 63.4 Å². The first-order valence-electron chi connectivity index (χ1n) is 5.47. The Labute approximate surface area is 100 Å². The number of hydrogen-bond acceptors (Lipinski definition) is 3. The molecule has 1 aromatic rings. The number of benzene rings is 1. The predicted molar refractivity (Wildman–Crippen MR) is 63.2 cm³/mol. The van der Waals surface area contributed by atoms with Crippen molar-refractivity contribution < 1.29 is 12.8 Å². The summed E-state index contributed by atoms with van der Waals surface area (Å²) in [4.78, 5) is 0. The van der Waals surface area contributed by atoms with Crippen molar-refractivity contribution in [1.29, 1.82) is 0 Å². The quantitative estimate of drug-likeness (QED) is 0.867. The van der Waals surface area contributed by atoms with Crippen LogP contribution in [0.2, 0.25) is 0 Å². The Morgan fingerprint density at radius 3 is 2.53 bits per heavy atom. The summed E-state index contributed by atoms with van der Waals surface area (Å²) in [7, 11) is -3.27. The van der Waals surface area contributed by atoms with Gasteiger partial charge in [-0.05, 0) is 24.1 Å². The molecule has 0 saturated carbocycles. The van der Waals surface area contributed by atoms with Crippen molar-refractivity contribution in [2.45, 2.75) is 18.2 Å². The predicted octanol–water partition coefficient (Wildman–Crippen LogP) is 0.688. The standard InChI is InChI=1S/C11H15FN2O2S/c12-10-3-1-9(2-4-10)8-14-6-5-11(7-13)17(14,15)16/h1-4,11H,5-8,13H2/t11-/m0/s1. The van der Waals surface area contributed by atoms with Crippen LogP contribution in [0, 0.1) is 5.82 Å². The third-order valence-corrected chi connectivity index (χ3v) is 5.32. The van der Waals surface area contributed by atoms with Gasteiger partial charge in [0, 0.05) is 19.6 Å². The van der Waals surface area contributed by atoms with Gasteiger partial charge in [0.25, 0.3) is 0 Å². The summed E-state index contributed by atoms with van der Waals surface area (Å²) in [6.07, 6.45) is 0.569.